The molecular weight excluding hydrogens is 266 g/mol. The van der Waals surface area contributed by atoms with Gasteiger partial charge in [0.2, 0.25) is 5.91 Å². The lowest BCUT2D eigenvalue weighted by atomic mass is 10.00. The Bertz CT molecular complexity index is 506. The molecule has 2 N–H and O–H groups in total. The maximum atomic E-state index is 12.8. The summed E-state index contributed by atoms with van der Waals surface area (Å²) in [7, 11) is 0. The second-order valence-corrected chi connectivity index (χ2v) is 5.71. The number of amides is 1. The molecule has 21 heavy (non-hydrogen) atoms. The molecule has 1 saturated heterocycles. The fourth-order valence-electron chi connectivity index (χ4n) is 3.18. The minimum atomic E-state index is -0.137. The van der Waals surface area contributed by atoms with E-state index in [-0.39, 0.29) is 11.8 Å². The molecule has 1 aromatic rings. The summed E-state index contributed by atoms with van der Waals surface area (Å²) in [4.78, 5) is 17.1. The summed E-state index contributed by atoms with van der Waals surface area (Å²) in [5.41, 5.74) is 6.65. The van der Waals surface area contributed by atoms with Crippen molar-refractivity contribution < 1.29 is 9.53 Å². The summed E-state index contributed by atoms with van der Waals surface area (Å²) in [5, 5.41) is 0. The molecule has 1 unspecified atom stereocenters. The highest BCUT2D eigenvalue weighted by atomic mass is 16.5. The molecule has 2 heterocycles. The lowest BCUT2D eigenvalue weighted by molar-refractivity contribution is -0.132. The number of para-hydroxylation sites is 1. The maximum Gasteiger partial charge on any atom is 0.233 e. The number of hydrogen-bond acceptors (Lipinski definition) is 4. The van der Waals surface area contributed by atoms with Gasteiger partial charge in [0.1, 0.15) is 18.3 Å². The first-order chi connectivity index (χ1) is 10.3. The number of nitrogens with two attached hydrogens (primary N) is 1. The highest BCUT2D eigenvalue weighted by Gasteiger charge is 2.33. The number of fused-ring (bicyclic) bond motifs is 1. The number of ether oxygens (including phenoxy) is 1. The smallest absolute Gasteiger partial charge is 0.233 e. The topological polar surface area (TPSA) is 58.8 Å². The molecule has 0 spiro atoms. The highest BCUT2D eigenvalue weighted by molar-refractivity contribution is 5.85. The number of nitrogens with zero attached hydrogens (tertiary/aromatic N) is 2. The molecule has 114 valence electrons. The summed E-state index contributed by atoms with van der Waals surface area (Å²) >= 11 is 0. The van der Waals surface area contributed by atoms with Crippen LogP contribution >= 0.6 is 0 Å². The van der Waals surface area contributed by atoms with Crippen LogP contribution in [0, 0.1) is 0 Å². The minimum Gasteiger partial charge on any atom is -0.492 e. The van der Waals surface area contributed by atoms with Gasteiger partial charge < -0.3 is 20.3 Å². The van der Waals surface area contributed by atoms with Crippen molar-refractivity contribution in [3.05, 3.63) is 29.8 Å². The van der Waals surface area contributed by atoms with E-state index in [4.69, 9.17) is 10.5 Å². The Balaban J connectivity index is 1.66. The highest BCUT2D eigenvalue weighted by Crippen LogP contribution is 2.34. The van der Waals surface area contributed by atoms with Crippen LogP contribution in [0.25, 0.3) is 0 Å². The molecule has 0 aromatic heterocycles. The van der Waals surface area contributed by atoms with E-state index < -0.39 is 0 Å². The van der Waals surface area contributed by atoms with Gasteiger partial charge in [-0.25, -0.2) is 0 Å². The van der Waals surface area contributed by atoms with Gasteiger partial charge in [0.05, 0.1) is 0 Å². The normalized spacial score (nSPS) is 22.5. The van der Waals surface area contributed by atoms with Crippen molar-refractivity contribution >= 4 is 5.91 Å². The molecule has 5 heteroatoms. The van der Waals surface area contributed by atoms with Crippen LogP contribution in [0.15, 0.2) is 24.3 Å². The lowest BCUT2D eigenvalue weighted by Gasteiger charge is -2.24. The van der Waals surface area contributed by atoms with E-state index in [0.717, 1.165) is 50.5 Å². The van der Waals surface area contributed by atoms with E-state index >= 15 is 0 Å². The number of rotatable bonds is 3. The van der Waals surface area contributed by atoms with Crippen LogP contribution in [0.2, 0.25) is 0 Å². The van der Waals surface area contributed by atoms with E-state index in [2.05, 4.69) is 4.90 Å². The van der Waals surface area contributed by atoms with Crippen LogP contribution < -0.4 is 10.5 Å². The van der Waals surface area contributed by atoms with E-state index in [1.165, 1.54) is 0 Å². The average molecular weight is 289 g/mol. The Labute approximate surface area is 125 Å². The Morgan fingerprint density at radius 2 is 2.10 bits per heavy atom. The maximum absolute atomic E-state index is 12.8. The zero-order chi connectivity index (χ0) is 14.7. The molecule has 2 aliphatic rings. The van der Waals surface area contributed by atoms with Crippen LogP contribution in [-0.2, 0) is 4.79 Å². The Morgan fingerprint density at radius 3 is 2.95 bits per heavy atom. The molecule has 0 saturated carbocycles. The van der Waals surface area contributed by atoms with Gasteiger partial charge in [-0.1, -0.05) is 18.2 Å². The third-order valence-electron chi connectivity index (χ3n) is 4.34. The number of carbonyl (C=O) groups is 1. The molecule has 2 aliphatic heterocycles. The van der Waals surface area contributed by atoms with Crippen molar-refractivity contribution in [2.45, 2.75) is 12.3 Å². The fourth-order valence-corrected chi connectivity index (χ4v) is 3.18. The van der Waals surface area contributed by atoms with Crippen molar-refractivity contribution in [1.29, 1.82) is 0 Å². The van der Waals surface area contributed by atoms with Gasteiger partial charge in [-0.15, -0.1) is 0 Å². The van der Waals surface area contributed by atoms with Gasteiger partial charge in [-0.05, 0) is 19.0 Å². The molecule has 1 amide bonds. The fraction of sp³-hybridized carbons (Fsp3) is 0.562. The van der Waals surface area contributed by atoms with E-state index in [1.54, 1.807) is 0 Å². The molecule has 1 atom stereocenters. The Hall–Kier alpha value is -1.59. The monoisotopic (exact) mass is 289 g/mol. The van der Waals surface area contributed by atoms with Gasteiger partial charge in [-0.3, -0.25) is 4.79 Å². The van der Waals surface area contributed by atoms with Gasteiger partial charge in [-0.2, -0.15) is 0 Å². The SMILES string of the molecule is NCCN1CCCN(C(=O)C2COc3ccccc32)CC1. The summed E-state index contributed by atoms with van der Waals surface area (Å²) in [6, 6.07) is 7.86. The van der Waals surface area contributed by atoms with Crippen LogP contribution in [-0.4, -0.2) is 61.6 Å². The molecule has 3 rings (SSSR count). The van der Waals surface area contributed by atoms with E-state index in [9.17, 15) is 4.79 Å². The Morgan fingerprint density at radius 1 is 1.24 bits per heavy atom. The van der Waals surface area contributed by atoms with Crippen LogP contribution in [0.5, 0.6) is 5.75 Å². The van der Waals surface area contributed by atoms with Crippen molar-refractivity contribution in [1.82, 2.24) is 9.80 Å². The second kappa shape index (κ2) is 6.45. The average Bonchev–Trinajstić information content (AvgIpc) is 2.80. The zero-order valence-electron chi connectivity index (χ0n) is 12.3. The van der Waals surface area contributed by atoms with Crippen LogP contribution in [0.4, 0.5) is 0 Å². The van der Waals surface area contributed by atoms with Gasteiger partial charge >= 0.3 is 0 Å². The first-order valence-corrected chi connectivity index (χ1v) is 7.72. The molecule has 1 fully saturated rings. The summed E-state index contributed by atoms with van der Waals surface area (Å²) in [6.45, 7) is 5.63. The predicted molar refractivity (Wildman–Crippen MR) is 81.4 cm³/mol. The summed E-state index contributed by atoms with van der Waals surface area (Å²) in [6.07, 6.45) is 1.01. The van der Waals surface area contributed by atoms with Crippen molar-refractivity contribution in [3.8, 4) is 5.75 Å². The van der Waals surface area contributed by atoms with Gasteiger partial charge in [0.25, 0.3) is 0 Å². The molecular formula is C16H23N3O2. The largest absolute Gasteiger partial charge is 0.492 e. The Kier molecular flexibility index (Phi) is 4.41. The van der Waals surface area contributed by atoms with Crippen molar-refractivity contribution in [2.75, 3.05) is 45.9 Å². The first-order valence-electron chi connectivity index (χ1n) is 7.72. The third kappa shape index (κ3) is 3.04. The molecule has 5 nitrogen and oxygen atoms in total. The summed E-state index contributed by atoms with van der Waals surface area (Å²) < 4.78 is 5.64. The second-order valence-electron chi connectivity index (χ2n) is 5.71. The molecule has 0 bridgehead atoms. The number of benzene rings is 1. The standard InChI is InChI=1S/C16H23N3O2/c17-6-9-18-7-3-8-19(11-10-18)16(20)14-12-21-15-5-2-1-4-13(14)15/h1-2,4-5,14H,3,6-12,17H2. The van der Waals surface area contributed by atoms with E-state index in [1.807, 2.05) is 29.2 Å². The van der Waals surface area contributed by atoms with Crippen LogP contribution in [0.3, 0.4) is 0 Å². The summed E-state index contributed by atoms with van der Waals surface area (Å²) in [5.74, 6) is 0.923. The molecule has 0 radical (unpaired) electrons. The van der Waals surface area contributed by atoms with Crippen molar-refractivity contribution in [2.24, 2.45) is 5.73 Å². The molecule has 0 aliphatic carbocycles. The van der Waals surface area contributed by atoms with Gasteiger partial charge in [0, 0.05) is 38.3 Å². The van der Waals surface area contributed by atoms with Crippen molar-refractivity contribution in [3.63, 3.8) is 0 Å². The number of carbonyl (C=O) groups excluding carboxylic acids is 1. The van der Waals surface area contributed by atoms with Gasteiger partial charge in [0.15, 0.2) is 0 Å². The van der Waals surface area contributed by atoms with Crippen LogP contribution in [0.1, 0.15) is 17.9 Å². The quantitative estimate of drug-likeness (QED) is 0.888. The van der Waals surface area contributed by atoms with E-state index in [0.29, 0.717) is 13.2 Å². The zero-order valence-corrected chi connectivity index (χ0v) is 12.3. The lowest BCUT2D eigenvalue weighted by Crippen LogP contribution is -2.39. The predicted octanol–water partition coefficient (Wildman–Crippen LogP) is 0.656. The number of hydrogen-bond donors (Lipinski definition) is 1. The minimum absolute atomic E-state index is 0.137. The molecule has 1 aromatic carbocycles. The third-order valence-corrected chi connectivity index (χ3v) is 4.34. The first kappa shape index (κ1) is 14.4.